The summed E-state index contributed by atoms with van der Waals surface area (Å²) >= 11 is 0. The molecule has 1 amide bonds. The molecule has 0 spiro atoms. The van der Waals surface area contributed by atoms with Crippen LogP contribution in [0.5, 0.6) is 0 Å². The quantitative estimate of drug-likeness (QED) is 0.832. The second kappa shape index (κ2) is 6.98. The van der Waals surface area contributed by atoms with E-state index in [4.69, 9.17) is 0 Å². The molecule has 1 aliphatic heterocycles. The van der Waals surface area contributed by atoms with E-state index in [-0.39, 0.29) is 17.5 Å². The Morgan fingerprint density at radius 1 is 1.15 bits per heavy atom. The topological polar surface area (TPSA) is 60.1 Å². The molecule has 0 N–H and O–H groups in total. The Bertz CT molecular complexity index is 915. The van der Waals surface area contributed by atoms with Gasteiger partial charge in [-0.2, -0.15) is 5.10 Å². The molecule has 1 saturated heterocycles. The first kappa shape index (κ1) is 18.0. The van der Waals surface area contributed by atoms with Gasteiger partial charge >= 0.3 is 5.69 Å². The number of benzene rings is 1. The Kier molecular flexibility index (Phi) is 4.66. The molecule has 2 heterocycles. The van der Waals surface area contributed by atoms with Gasteiger partial charge in [-0.15, -0.1) is 0 Å². The first-order chi connectivity index (χ1) is 12.9. The lowest BCUT2D eigenvalue weighted by molar-refractivity contribution is -0.133. The van der Waals surface area contributed by atoms with Gasteiger partial charge in [0.2, 0.25) is 5.91 Å². The highest BCUT2D eigenvalue weighted by Gasteiger charge is 2.35. The van der Waals surface area contributed by atoms with Crippen LogP contribution in [0.2, 0.25) is 0 Å². The molecule has 2 aliphatic rings. The molecule has 6 nitrogen and oxygen atoms in total. The van der Waals surface area contributed by atoms with Crippen LogP contribution in [0.3, 0.4) is 0 Å². The van der Waals surface area contributed by atoms with Crippen molar-refractivity contribution in [2.45, 2.75) is 52.0 Å². The molecule has 1 aromatic carbocycles. The van der Waals surface area contributed by atoms with Gasteiger partial charge in [0.1, 0.15) is 5.82 Å². The molecule has 0 atom stereocenters. The van der Waals surface area contributed by atoms with Crippen molar-refractivity contribution >= 4 is 5.91 Å². The van der Waals surface area contributed by atoms with Crippen LogP contribution in [0.15, 0.2) is 23.0 Å². The summed E-state index contributed by atoms with van der Waals surface area (Å²) in [6.45, 7) is 6.18. The minimum Gasteiger partial charge on any atom is -0.342 e. The number of nitrogens with zero attached hydrogens (tertiary/aromatic N) is 4. The van der Waals surface area contributed by atoms with Crippen LogP contribution in [0.25, 0.3) is 0 Å². The van der Waals surface area contributed by atoms with Crippen LogP contribution >= 0.6 is 0 Å². The minimum atomic E-state index is -0.0672. The Balaban J connectivity index is 1.50. The summed E-state index contributed by atoms with van der Waals surface area (Å²) in [4.78, 5) is 26.9. The van der Waals surface area contributed by atoms with Crippen molar-refractivity contribution in [3.05, 3.63) is 51.2 Å². The molecule has 0 radical (unpaired) electrons. The fraction of sp³-hybridized carbons (Fsp3) is 0.571. The highest BCUT2D eigenvalue weighted by Crippen LogP contribution is 2.33. The maximum Gasteiger partial charge on any atom is 0.345 e. The summed E-state index contributed by atoms with van der Waals surface area (Å²) in [5.41, 5.74) is 3.42. The number of amides is 1. The standard InChI is InChI=1S/C21H28N4O2/c1-14-4-5-15(2)18(12-14)13-25-21(27)23(3)19(22-25)16-8-10-24(11-9-16)20(26)17-6-7-17/h4-5,12,16-17H,6-11,13H2,1-3H3. The predicted molar refractivity (Wildman–Crippen MR) is 104 cm³/mol. The summed E-state index contributed by atoms with van der Waals surface area (Å²) in [5.74, 6) is 1.69. The first-order valence-electron chi connectivity index (χ1n) is 9.92. The van der Waals surface area contributed by atoms with Crippen LogP contribution < -0.4 is 5.69 Å². The third-order valence-corrected chi connectivity index (χ3v) is 6.00. The second-order valence-corrected chi connectivity index (χ2v) is 8.16. The van der Waals surface area contributed by atoms with E-state index < -0.39 is 0 Å². The molecular formula is C21H28N4O2. The van der Waals surface area contributed by atoms with Crippen molar-refractivity contribution < 1.29 is 4.79 Å². The number of carbonyl (C=O) groups excluding carboxylic acids is 1. The average Bonchev–Trinajstić information content (AvgIpc) is 3.47. The third-order valence-electron chi connectivity index (χ3n) is 6.00. The van der Waals surface area contributed by atoms with Crippen molar-refractivity contribution in [2.75, 3.05) is 13.1 Å². The van der Waals surface area contributed by atoms with E-state index >= 15 is 0 Å². The smallest absolute Gasteiger partial charge is 0.342 e. The number of hydrogen-bond donors (Lipinski definition) is 0. The van der Waals surface area contributed by atoms with E-state index in [1.165, 1.54) is 11.1 Å². The summed E-state index contributed by atoms with van der Waals surface area (Å²) in [7, 11) is 1.81. The van der Waals surface area contributed by atoms with E-state index in [2.05, 4.69) is 37.1 Å². The van der Waals surface area contributed by atoms with E-state index in [1.54, 1.807) is 9.25 Å². The number of carbonyl (C=O) groups is 1. The van der Waals surface area contributed by atoms with Crippen molar-refractivity contribution in [3.8, 4) is 0 Å². The Morgan fingerprint density at radius 2 is 1.85 bits per heavy atom. The highest BCUT2D eigenvalue weighted by atomic mass is 16.2. The van der Waals surface area contributed by atoms with Crippen molar-refractivity contribution in [1.82, 2.24) is 19.2 Å². The zero-order valence-corrected chi connectivity index (χ0v) is 16.4. The van der Waals surface area contributed by atoms with Gasteiger partial charge in [0.25, 0.3) is 0 Å². The van der Waals surface area contributed by atoms with Crippen LogP contribution in [0, 0.1) is 19.8 Å². The molecule has 2 fully saturated rings. The molecule has 1 aliphatic carbocycles. The number of piperidine rings is 1. The number of rotatable bonds is 4. The Labute approximate surface area is 159 Å². The molecule has 144 valence electrons. The molecule has 1 aromatic heterocycles. The monoisotopic (exact) mass is 368 g/mol. The molecule has 6 heteroatoms. The summed E-state index contributed by atoms with van der Waals surface area (Å²) in [6.07, 6.45) is 3.87. The maximum absolute atomic E-state index is 12.7. The van der Waals surface area contributed by atoms with E-state index in [0.717, 1.165) is 50.2 Å². The Hall–Kier alpha value is -2.37. The van der Waals surface area contributed by atoms with Gasteiger partial charge in [-0.3, -0.25) is 9.36 Å². The zero-order chi connectivity index (χ0) is 19.1. The van der Waals surface area contributed by atoms with Gasteiger partial charge in [0.15, 0.2) is 0 Å². The molecule has 1 saturated carbocycles. The van der Waals surface area contributed by atoms with E-state index in [1.807, 2.05) is 11.9 Å². The second-order valence-electron chi connectivity index (χ2n) is 8.16. The number of aromatic nitrogens is 3. The van der Waals surface area contributed by atoms with Crippen LogP contribution in [-0.2, 0) is 18.4 Å². The molecule has 0 unspecified atom stereocenters. The lowest BCUT2D eigenvalue weighted by Gasteiger charge is -2.31. The molecule has 4 rings (SSSR count). The van der Waals surface area contributed by atoms with Gasteiger partial charge in [0.05, 0.1) is 6.54 Å². The van der Waals surface area contributed by atoms with Gasteiger partial charge in [-0.1, -0.05) is 23.8 Å². The van der Waals surface area contributed by atoms with Crippen molar-refractivity contribution in [2.24, 2.45) is 13.0 Å². The van der Waals surface area contributed by atoms with Crippen LogP contribution in [0.4, 0.5) is 0 Å². The van der Waals surface area contributed by atoms with Gasteiger partial charge in [-0.05, 0) is 50.7 Å². The Morgan fingerprint density at radius 3 is 2.52 bits per heavy atom. The van der Waals surface area contributed by atoms with E-state index in [9.17, 15) is 9.59 Å². The van der Waals surface area contributed by atoms with Crippen LogP contribution in [-0.4, -0.2) is 38.2 Å². The fourth-order valence-electron chi connectivity index (χ4n) is 4.04. The summed E-state index contributed by atoms with van der Waals surface area (Å²) < 4.78 is 3.27. The number of likely N-dealkylation sites (tertiary alicyclic amines) is 1. The normalized spacial score (nSPS) is 18.1. The third kappa shape index (κ3) is 3.57. The summed E-state index contributed by atoms with van der Waals surface area (Å²) in [6, 6.07) is 6.30. The minimum absolute atomic E-state index is 0.0672. The molecule has 27 heavy (non-hydrogen) atoms. The zero-order valence-electron chi connectivity index (χ0n) is 16.4. The van der Waals surface area contributed by atoms with Gasteiger partial charge < -0.3 is 4.90 Å². The summed E-state index contributed by atoms with van der Waals surface area (Å²) in [5, 5.41) is 4.68. The number of aryl methyl sites for hydroxylation is 2. The van der Waals surface area contributed by atoms with Gasteiger partial charge in [-0.25, -0.2) is 9.48 Å². The SMILES string of the molecule is Cc1ccc(C)c(Cn2nc(C3CCN(C(=O)C4CC4)CC3)n(C)c2=O)c1. The lowest BCUT2D eigenvalue weighted by atomic mass is 9.95. The average molecular weight is 368 g/mol. The van der Waals surface area contributed by atoms with Crippen molar-refractivity contribution in [1.29, 1.82) is 0 Å². The first-order valence-corrected chi connectivity index (χ1v) is 9.92. The lowest BCUT2D eigenvalue weighted by Crippen LogP contribution is -2.39. The van der Waals surface area contributed by atoms with Crippen LogP contribution in [0.1, 0.15) is 54.1 Å². The van der Waals surface area contributed by atoms with Gasteiger partial charge in [0, 0.05) is 32.0 Å². The molecule has 2 aromatic rings. The van der Waals surface area contributed by atoms with Crippen molar-refractivity contribution in [3.63, 3.8) is 0 Å². The molecule has 0 bridgehead atoms. The molecular weight excluding hydrogens is 340 g/mol. The fourth-order valence-corrected chi connectivity index (χ4v) is 4.04. The number of hydrogen-bond acceptors (Lipinski definition) is 3. The predicted octanol–water partition coefficient (Wildman–Crippen LogP) is 2.36. The highest BCUT2D eigenvalue weighted by molar-refractivity contribution is 5.81. The maximum atomic E-state index is 12.7. The largest absolute Gasteiger partial charge is 0.345 e. The van der Waals surface area contributed by atoms with E-state index in [0.29, 0.717) is 12.5 Å².